The Morgan fingerprint density at radius 2 is 1.78 bits per heavy atom. The van der Waals surface area contributed by atoms with Crippen molar-refractivity contribution in [3.63, 3.8) is 0 Å². The summed E-state index contributed by atoms with van der Waals surface area (Å²) in [6.45, 7) is 1.67. The standard InChI is InChI=1S/C19H20N2O2/c1-20(16-7-3-2-4-8-16)11-12-21-14-15(13-19(22)23)17-9-5-6-10-18(17)21/h2-10,14H,11-13H2,1H3,(H,22,23). The molecular weight excluding hydrogens is 288 g/mol. The first-order chi connectivity index (χ1) is 11.1. The van der Waals surface area contributed by atoms with E-state index >= 15 is 0 Å². The fourth-order valence-corrected chi connectivity index (χ4v) is 2.88. The molecule has 3 aromatic rings. The number of hydrogen-bond donors (Lipinski definition) is 1. The molecule has 0 radical (unpaired) electrons. The lowest BCUT2D eigenvalue weighted by molar-refractivity contribution is -0.136. The van der Waals surface area contributed by atoms with Crippen molar-refractivity contribution in [3.8, 4) is 0 Å². The van der Waals surface area contributed by atoms with E-state index in [9.17, 15) is 4.79 Å². The zero-order valence-corrected chi connectivity index (χ0v) is 13.1. The molecule has 1 heterocycles. The van der Waals surface area contributed by atoms with E-state index in [1.54, 1.807) is 0 Å². The molecule has 0 saturated carbocycles. The quantitative estimate of drug-likeness (QED) is 0.759. The minimum atomic E-state index is -0.797. The molecule has 2 aromatic carbocycles. The van der Waals surface area contributed by atoms with Gasteiger partial charge in [-0.3, -0.25) is 4.79 Å². The van der Waals surface area contributed by atoms with E-state index in [-0.39, 0.29) is 6.42 Å². The largest absolute Gasteiger partial charge is 0.481 e. The highest BCUT2D eigenvalue weighted by Crippen LogP contribution is 2.22. The lowest BCUT2D eigenvalue weighted by Crippen LogP contribution is -2.22. The predicted octanol–water partition coefficient (Wildman–Crippen LogP) is 3.40. The zero-order valence-electron chi connectivity index (χ0n) is 13.1. The molecule has 0 saturated heterocycles. The highest BCUT2D eigenvalue weighted by atomic mass is 16.4. The second kappa shape index (κ2) is 6.57. The van der Waals surface area contributed by atoms with Crippen LogP contribution in [0.3, 0.4) is 0 Å². The number of rotatable bonds is 6. The van der Waals surface area contributed by atoms with Crippen LogP contribution in [0.4, 0.5) is 5.69 Å². The van der Waals surface area contributed by atoms with Crippen molar-refractivity contribution in [2.75, 3.05) is 18.5 Å². The maximum Gasteiger partial charge on any atom is 0.307 e. The fraction of sp³-hybridized carbons (Fsp3) is 0.211. The van der Waals surface area contributed by atoms with Crippen LogP contribution in [0.5, 0.6) is 0 Å². The van der Waals surface area contributed by atoms with Gasteiger partial charge in [-0.15, -0.1) is 0 Å². The molecule has 23 heavy (non-hydrogen) atoms. The molecular formula is C19H20N2O2. The summed E-state index contributed by atoms with van der Waals surface area (Å²) in [5.74, 6) is -0.797. The second-order valence-corrected chi connectivity index (χ2v) is 5.69. The van der Waals surface area contributed by atoms with E-state index in [1.165, 1.54) is 5.69 Å². The van der Waals surface area contributed by atoms with E-state index in [2.05, 4.69) is 28.6 Å². The topological polar surface area (TPSA) is 45.5 Å². The molecule has 1 N–H and O–H groups in total. The normalized spacial score (nSPS) is 10.8. The molecule has 1 aromatic heterocycles. The van der Waals surface area contributed by atoms with Crippen LogP contribution >= 0.6 is 0 Å². The number of fused-ring (bicyclic) bond motifs is 1. The Balaban J connectivity index is 1.81. The van der Waals surface area contributed by atoms with E-state index in [4.69, 9.17) is 5.11 Å². The summed E-state index contributed by atoms with van der Waals surface area (Å²) in [5, 5.41) is 10.1. The van der Waals surface area contributed by atoms with Crippen molar-refractivity contribution in [2.24, 2.45) is 0 Å². The summed E-state index contributed by atoms with van der Waals surface area (Å²) >= 11 is 0. The molecule has 0 fully saturated rings. The first-order valence-corrected chi connectivity index (χ1v) is 7.70. The average Bonchev–Trinajstić information content (AvgIpc) is 2.91. The van der Waals surface area contributed by atoms with E-state index in [0.29, 0.717) is 0 Å². The minimum Gasteiger partial charge on any atom is -0.481 e. The zero-order chi connectivity index (χ0) is 16.2. The van der Waals surface area contributed by atoms with Gasteiger partial charge in [0.05, 0.1) is 6.42 Å². The molecule has 0 amide bonds. The van der Waals surface area contributed by atoms with Gasteiger partial charge in [-0.25, -0.2) is 0 Å². The molecule has 4 heteroatoms. The average molecular weight is 308 g/mol. The number of para-hydroxylation sites is 2. The van der Waals surface area contributed by atoms with Gasteiger partial charge in [0, 0.05) is 42.9 Å². The van der Waals surface area contributed by atoms with Gasteiger partial charge in [-0.05, 0) is 23.8 Å². The molecule has 4 nitrogen and oxygen atoms in total. The van der Waals surface area contributed by atoms with Crippen LogP contribution in [0.2, 0.25) is 0 Å². The maximum absolute atomic E-state index is 11.1. The Morgan fingerprint density at radius 3 is 2.52 bits per heavy atom. The maximum atomic E-state index is 11.1. The number of likely N-dealkylation sites (N-methyl/N-ethyl adjacent to an activating group) is 1. The van der Waals surface area contributed by atoms with Crippen LogP contribution in [-0.2, 0) is 17.8 Å². The van der Waals surface area contributed by atoms with Gasteiger partial charge in [0.25, 0.3) is 0 Å². The first-order valence-electron chi connectivity index (χ1n) is 7.70. The number of aromatic nitrogens is 1. The van der Waals surface area contributed by atoms with Gasteiger partial charge in [-0.1, -0.05) is 36.4 Å². The summed E-state index contributed by atoms with van der Waals surface area (Å²) in [5.41, 5.74) is 3.13. The van der Waals surface area contributed by atoms with Gasteiger partial charge in [0.1, 0.15) is 0 Å². The Kier molecular flexibility index (Phi) is 4.33. The molecule has 0 aliphatic carbocycles. The van der Waals surface area contributed by atoms with Gasteiger partial charge in [0.2, 0.25) is 0 Å². The summed E-state index contributed by atoms with van der Waals surface area (Å²) in [4.78, 5) is 13.3. The third-order valence-electron chi connectivity index (χ3n) is 4.09. The Bertz CT molecular complexity index is 809. The minimum absolute atomic E-state index is 0.0576. The molecule has 0 aliphatic heterocycles. The highest BCUT2D eigenvalue weighted by molar-refractivity contribution is 5.87. The van der Waals surface area contributed by atoms with E-state index in [0.717, 1.165) is 29.6 Å². The van der Waals surface area contributed by atoms with E-state index in [1.807, 2.05) is 48.7 Å². The van der Waals surface area contributed by atoms with E-state index < -0.39 is 5.97 Å². The molecule has 0 unspecified atom stereocenters. The van der Waals surface area contributed by atoms with Crippen LogP contribution in [0.15, 0.2) is 60.8 Å². The lowest BCUT2D eigenvalue weighted by atomic mass is 10.1. The molecule has 0 aliphatic rings. The smallest absolute Gasteiger partial charge is 0.307 e. The van der Waals surface area contributed by atoms with Crippen molar-refractivity contribution >= 4 is 22.6 Å². The third-order valence-corrected chi connectivity index (χ3v) is 4.09. The number of carboxylic acids is 1. The Morgan fingerprint density at radius 1 is 1.09 bits per heavy atom. The van der Waals surface area contributed by atoms with Crippen molar-refractivity contribution in [3.05, 3.63) is 66.4 Å². The SMILES string of the molecule is CN(CCn1cc(CC(=O)O)c2ccccc21)c1ccccc1. The Labute approximate surface area is 135 Å². The number of carboxylic acid groups (broad SMARTS) is 1. The van der Waals surface area contributed by atoms with Crippen LogP contribution in [0, 0.1) is 0 Å². The molecule has 0 bridgehead atoms. The van der Waals surface area contributed by atoms with Crippen LogP contribution < -0.4 is 4.90 Å². The van der Waals surface area contributed by atoms with Crippen LogP contribution in [-0.4, -0.2) is 29.2 Å². The monoisotopic (exact) mass is 308 g/mol. The molecule has 3 rings (SSSR count). The molecule has 0 spiro atoms. The van der Waals surface area contributed by atoms with Crippen molar-refractivity contribution in [2.45, 2.75) is 13.0 Å². The number of nitrogens with zero attached hydrogens (tertiary/aromatic N) is 2. The number of anilines is 1. The van der Waals surface area contributed by atoms with Gasteiger partial charge in [-0.2, -0.15) is 0 Å². The van der Waals surface area contributed by atoms with Gasteiger partial charge >= 0.3 is 5.97 Å². The fourth-order valence-electron chi connectivity index (χ4n) is 2.88. The van der Waals surface area contributed by atoms with Gasteiger partial charge in [0.15, 0.2) is 0 Å². The number of carbonyl (C=O) groups is 1. The summed E-state index contributed by atoms with van der Waals surface area (Å²) in [7, 11) is 2.07. The first kappa shape index (κ1) is 15.2. The number of benzene rings is 2. The summed E-state index contributed by atoms with van der Waals surface area (Å²) in [6.07, 6.45) is 2.03. The summed E-state index contributed by atoms with van der Waals surface area (Å²) in [6, 6.07) is 18.2. The van der Waals surface area contributed by atoms with Crippen LogP contribution in [0.25, 0.3) is 10.9 Å². The predicted molar refractivity (Wildman–Crippen MR) is 93.0 cm³/mol. The molecule has 0 atom stereocenters. The number of hydrogen-bond acceptors (Lipinski definition) is 2. The molecule has 118 valence electrons. The second-order valence-electron chi connectivity index (χ2n) is 5.69. The van der Waals surface area contributed by atoms with Crippen molar-refractivity contribution in [1.82, 2.24) is 4.57 Å². The highest BCUT2D eigenvalue weighted by Gasteiger charge is 2.11. The lowest BCUT2D eigenvalue weighted by Gasteiger charge is -2.19. The number of aliphatic carboxylic acids is 1. The van der Waals surface area contributed by atoms with Gasteiger partial charge < -0.3 is 14.6 Å². The van der Waals surface area contributed by atoms with Crippen molar-refractivity contribution in [1.29, 1.82) is 0 Å². The summed E-state index contributed by atoms with van der Waals surface area (Å²) < 4.78 is 2.15. The van der Waals surface area contributed by atoms with Crippen molar-refractivity contribution < 1.29 is 9.90 Å². The van der Waals surface area contributed by atoms with Crippen LogP contribution in [0.1, 0.15) is 5.56 Å². The Hall–Kier alpha value is -2.75. The third kappa shape index (κ3) is 3.37.